The van der Waals surface area contributed by atoms with E-state index in [-0.39, 0.29) is 37.3 Å². The number of carbonyl (C=O) groups excluding carboxylic acids is 2. The molecule has 1 saturated heterocycles. The second-order valence-electron chi connectivity index (χ2n) is 6.58. The molecule has 1 aromatic rings. The summed E-state index contributed by atoms with van der Waals surface area (Å²) in [6.07, 6.45) is 0.00105. The summed E-state index contributed by atoms with van der Waals surface area (Å²) in [5.74, 6) is 1.15. The van der Waals surface area contributed by atoms with Gasteiger partial charge in [-0.25, -0.2) is 4.79 Å². The van der Waals surface area contributed by atoms with Crippen molar-refractivity contribution in [1.82, 2.24) is 9.80 Å². The molecule has 0 spiro atoms. The van der Waals surface area contributed by atoms with Crippen LogP contribution in [0.4, 0.5) is 4.79 Å². The van der Waals surface area contributed by atoms with Gasteiger partial charge in [-0.3, -0.25) is 4.79 Å². The third-order valence-corrected chi connectivity index (χ3v) is 5.05. The second-order valence-corrected chi connectivity index (χ2v) is 6.58. The topological polar surface area (TPSA) is 92.1 Å². The van der Waals surface area contributed by atoms with E-state index < -0.39 is 6.09 Å². The largest absolute Gasteiger partial charge is 0.497 e. The van der Waals surface area contributed by atoms with E-state index in [0.29, 0.717) is 31.2 Å². The number of carbonyl (C=O) groups is 2. The van der Waals surface area contributed by atoms with E-state index in [9.17, 15) is 9.59 Å². The normalized spacial score (nSPS) is 21.7. The molecule has 3 rings (SSSR count). The van der Waals surface area contributed by atoms with Gasteiger partial charge in [0.05, 0.1) is 39.4 Å². The molecule has 8 heteroatoms. The van der Waals surface area contributed by atoms with Gasteiger partial charge in [0.25, 0.3) is 0 Å². The molecule has 2 heterocycles. The van der Waals surface area contributed by atoms with E-state index in [1.807, 2.05) is 12.1 Å². The molecule has 27 heavy (non-hydrogen) atoms. The molecule has 2 amide bonds. The lowest BCUT2D eigenvalue weighted by Gasteiger charge is -2.43. The van der Waals surface area contributed by atoms with Crippen LogP contribution in [0.3, 0.4) is 0 Å². The maximum absolute atomic E-state index is 12.5. The van der Waals surface area contributed by atoms with Crippen molar-refractivity contribution in [3.8, 4) is 17.6 Å². The molecule has 0 aliphatic carbocycles. The summed E-state index contributed by atoms with van der Waals surface area (Å²) < 4.78 is 16.2. The quantitative estimate of drug-likeness (QED) is 0.804. The standard InChI is InChI=1S/C19H23N3O5/c1-25-14-4-5-15-16(10-14)27-12-13-11-21(8-3-7-20)17(23)6-9-22(18(13)15)19(24)26-2/h4-5,10,13,18H,3,6,8-9,11-12H2,1-2H3/t13-,18-/m0/s1. The average molecular weight is 373 g/mol. The zero-order chi connectivity index (χ0) is 19.4. The van der Waals surface area contributed by atoms with Crippen molar-refractivity contribution >= 4 is 12.0 Å². The molecule has 8 nitrogen and oxygen atoms in total. The molecular formula is C19H23N3O5. The summed E-state index contributed by atoms with van der Waals surface area (Å²) in [5, 5.41) is 8.87. The van der Waals surface area contributed by atoms with E-state index >= 15 is 0 Å². The van der Waals surface area contributed by atoms with Crippen LogP contribution >= 0.6 is 0 Å². The number of rotatable bonds is 3. The van der Waals surface area contributed by atoms with Gasteiger partial charge < -0.3 is 24.0 Å². The van der Waals surface area contributed by atoms with Crippen LogP contribution in [0.15, 0.2) is 18.2 Å². The summed E-state index contributed by atoms with van der Waals surface area (Å²) in [7, 11) is 2.92. The highest BCUT2D eigenvalue weighted by Gasteiger charge is 2.41. The lowest BCUT2D eigenvalue weighted by molar-refractivity contribution is -0.134. The van der Waals surface area contributed by atoms with Crippen LogP contribution in [0, 0.1) is 17.2 Å². The first-order valence-corrected chi connectivity index (χ1v) is 8.89. The maximum Gasteiger partial charge on any atom is 0.410 e. The van der Waals surface area contributed by atoms with Crippen LogP contribution in [-0.2, 0) is 9.53 Å². The van der Waals surface area contributed by atoms with Gasteiger partial charge in [0.1, 0.15) is 11.5 Å². The van der Waals surface area contributed by atoms with Crippen LogP contribution in [-0.4, -0.2) is 62.3 Å². The molecule has 0 aromatic heterocycles. The lowest BCUT2D eigenvalue weighted by atomic mass is 9.87. The van der Waals surface area contributed by atoms with Crippen molar-refractivity contribution in [2.75, 3.05) is 40.5 Å². The monoisotopic (exact) mass is 373 g/mol. The van der Waals surface area contributed by atoms with Crippen molar-refractivity contribution < 1.29 is 23.8 Å². The van der Waals surface area contributed by atoms with Crippen molar-refractivity contribution in [2.24, 2.45) is 5.92 Å². The number of methoxy groups -OCH3 is 2. The van der Waals surface area contributed by atoms with Crippen molar-refractivity contribution in [1.29, 1.82) is 5.26 Å². The van der Waals surface area contributed by atoms with E-state index in [1.54, 1.807) is 23.0 Å². The fraction of sp³-hybridized carbons (Fsp3) is 0.526. The van der Waals surface area contributed by atoms with E-state index in [4.69, 9.17) is 19.5 Å². The number of hydrogen-bond donors (Lipinski definition) is 0. The van der Waals surface area contributed by atoms with E-state index in [0.717, 1.165) is 5.56 Å². The first-order valence-electron chi connectivity index (χ1n) is 8.89. The minimum Gasteiger partial charge on any atom is -0.497 e. The Bertz CT molecular complexity index is 760. The van der Waals surface area contributed by atoms with Gasteiger partial charge in [-0.1, -0.05) is 0 Å². The molecular weight excluding hydrogens is 350 g/mol. The molecule has 0 radical (unpaired) electrons. The molecule has 0 saturated carbocycles. The SMILES string of the molecule is COC(=O)N1CCC(=O)N(CCC#N)C[C@H]2COc3cc(OC)ccc3[C@H]21. The molecule has 2 aliphatic heterocycles. The average Bonchev–Trinajstić information content (AvgIpc) is 2.69. The fourth-order valence-corrected chi connectivity index (χ4v) is 3.75. The van der Waals surface area contributed by atoms with E-state index in [2.05, 4.69) is 6.07 Å². The third-order valence-electron chi connectivity index (χ3n) is 5.05. The summed E-state index contributed by atoms with van der Waals surface area (Å²) in [4.78, 5) is 28.3. The Kier molecular flexibility index (Phi) is 5.69. The minimum absolute atomic E-state index is 0.0712. The highest BCUT2D eigenvalue weighted by Crippen LogP contribution is 2.42. The van der Waals surface area contributed by atoms with Gasteiger partial charge in [0.15, 0.2) is 0 Å². The van der Waals surface area contributed by atoms with Gasteiger partial charge in [0, 0.05) is 43.6 Å². The van der Waals surface area contributed by atoms with Gasteiger partial charge >= 0.3 is 6.09 Å². The molecule has 0 bridgehead atoms. The Labute approximate surface area is 158 Å². The van der Waals surface area contributed by atoms with Crippen molar-refractivity contribution in [3.05, 3.63) is 23.8 Å². The summed E-state index contributed by atoms with van der Waals surface area (Å²) >= 11 is 0. The molecule has 144 valence electrons. The highest BCUT2D eigenvalue weighted by atomic mass is 16.5. The Morgan fingerprint density at radius 3 is 2.93 bits per heavy atom. The molecule has 0 N–H and O–H groups in total. The number of nitrogens with zero attached hydrogens (tertiary/aromatic N) is 3. The Hall–Kier alpha value is -2.95. The van der Waals surface area contributed by atoms with Gasteiger partial charge in [-0.05, 0) is 12.1 Å². The molecule has 2 aliphatic rings. The Morgan fingerprint density at radius 2 is 2.22 bits per heavy atom. The van der Waals surface area contributed by atoms with Gasteiger partial charge in [-0.15, -0.1) is 0 Å². The second kappa shape index (κ2) is 8.16. The number of fused-ring (bicyclic) bond motifs is 3. The van der Waals surface area contributed by atoms with Crippen LogP contribution in [0.5, 0.6) is 11.5 Å². The smallest absolute Gasteiger partial charge is 0.410 e. The van der Waals surface area contributed by atoms with Crippen LogP contribution < -0.4 is 9.47 Å². The third kappa shape index (κ3) is 3.77. The van der Waals surface area contributed by atoms with Gasteiger partial charge in [-0.2, -0.15) is 5.26 Å². The Morgan fingerprint density at radius 1 is 1.41 bits per heavy atom. The number of benzene rings is 1. The summed E-state index contributed by atoms with van der Waals surface area (Å²) in [6.45, 7) is 1.41. The molecule has 0 unspecified atom stereocenters. The first kappa shape index (κ1) is 18.8. The molecule has 1 aromatic carbocycles. The van der Waals surface area contributed by atoms with Crippen LogP contribution in [0.25, 0.3) is 0 Å². The van der Waals surface area contributed by atoms with Gasteiger partial charge in [0.2, 0.25) is 5.91 Å². The first-order chi connectivity index (χ1) is 13.1. The summed E-state index contributed by atoms with van der Waals surface area (Å²) in [5.41, 5.74) is 0.868. The zero-order valence-electron chi connectivity index (χ0n) is 15.5. The number of ether oxygens (including phenoxy) is 3. The predicted molar refractivity (Wildman–Crippen MR) is 95.3 cm³/mol. The zero-order valence-corrected chi connectivity index (χ0v) is 15.5. The van der Waals surface area contributed by atoms with Crippen LogP contribution in [0.2, 0.25) is 0 Å². The summed E-state index contributed by atoms with van der Waals surface area (Å²) in [6, 6.07) is 7.34. The number of hydrogen-bond acceptors (Lipinski definition) is 6. The number of nitriles is 1. The highest BCUT2D eigenvalue weighted by molar-refractivity contribution is 5.78. The number of amides is 2. The van der Waals surface area contributed by atoms with Crippen molar-refractivity contribution in [2.45, 2.75) is 18.9 Å². The van der Waals surface area contributed by atoms with E-state index in [1.165, 1.54) is 7.11 Å². The molecule has 2 atom stereocenters. The van der Waals surface area contributed by atoms with Crippen molar-refractivity contribution in [3.63, 3.8) is 0 Å². The minimum atomic E-state index is -0.466. The lowest BCUT2D eigenvalue weighted by Crippen LogP contribution is -2.51. The Balaban J connectivity index is 1.98. The van der Waals surface area contributed by atoms with Crippen LogP contribution in [0.1, 0.15) is 24.4 Å². The predicted octanol–water partition coefficient (Wildman–Crippen LogP) is 1.96. The maximum atomic E-state index is 12.5. The fourth-order valence-electron chi connectivity index (χ4n) is 3.75. The molecule has 1 fully saturated rings.